The Morgan fingerprint density at radius 3 is 2.42 bits per heavy atom. The van der Waals surface area contributed by atoms with Gasteiger partial charge in [-0.2, -0.15) is 0 Å². The van der Waals surface area contributed by atoms with E-state index in [1.54, 1.807) is 36.4 Å². The highest BCUT2D eigenvalue weighted by atomic mass is 35.5. The summed E-state index contributed by atoms with van der Waals surface area (Å²) in [4.78, 5) is 12.2. The third-order valence-electron chi connectivity index (χ3n) is 3.49. The van der Waals surface area contributed by atoms with Crippen LogP contribution < -0.4 is 10.1 Å². The molecule has 0 saturated carbocycles. The van der Waals surface area contributed by atoms with Crippen molar-refractivity contribution < 1.29 is 9.53 Å². The summed E-state index contributed by atoms with van der Waals surface area (Å²) in [5, 5.41) is 3.84. The van der Waals surface area contributed by atoms with E-state index in [2.05, 4.69) is 5.32 Å². The number of halogens is 2. The van der Waals surface area contributed by atoms with Crippen molar-refractivity contribution in [3.63, 3.8) is 0 Å². The second-order valence-corrected chi connectivity index (χ2v) is 6.24. The highest BCUT2D eigenvalue weighted by molar-refractivity contribution is 6.35. The van der Waals surface area contributed by atoms with Gasteiger partial charge in [0.1, 0.15) is 5.75 Å². The zero-order valence-corrected chi connectivity index (χ0v) is 15.2. The number of benzene rings is 3. The van der Waals surface area contributed by atoms with Gasteiger partial charge in [0.2, 0.25) is 5.91 Å². The molecular weight excluding hydrogens is 369 g/mol. The van der Waals surface area contributed by atoms with E-state index < -0.39 is 0 Å². The lowest BCUT2D eigenvalue weighted by atomic mass is 10.2. The number of anilines is 1. The Balaban J connectivity index is 1.72. The zero-order valence-electron chi connectivity index (χ0n) is 13.7. The lowest BCUT2D eigenvalue weighted by Gasteiger charge is -2.11. The number of carbonyl (C=O) groups excluding carboxylic acids is 1. The molecule has 0 unspecified atom stereocenters. The molecule has 0 aliphatic carbocycles. The average Bonchev–Trinajstić information content (AvgIpc) is 2.63. The van der Waals surface area contributed by atoms with Crippen molar-refractivity contribution in [3.05, 3.63) is 94.5 Å². The van der Waals surface area contributed by atoms with Gasteiger partial charge in [-0.1, -0.05) is 59.6 Å². The molecule has 3 aromatic rings. The molecule has 3 aromatic carbocycles. The number of ether oxygens (including phenoxy) is 1. The van der Waals surface area contributed by atoms with Gasteiger partial charge >= 0.3 is 0 Å². The molecular formula is C21H15Cl2NO2. The van der Waals surface area contributed by atoms with Crippen LogP contribution in [0.2, 0.25) is 10.0 Å². The van der Waals surface area contributed by atoms with Gasteiger partial charge in [-0.15, -0.1) is 0 Å². The molecule has 0 atom stereocenters. The summed E-state index contributed by atoms with van der Waals surface area (Å²) in [6, 6.07) is 21.7. The number of para-hydroxylation sites is 3. The first-order valence-electron chi connectivity index (χ1n) is 7.88. The highest BCUT2D eigenvalue weighted by Gasteiger charge is 2.07. The molecule has 26 heavy (non-hydrogen) atoms. The quantitative estimate of drug-likeness (QED) is 0.514. The van der Waals surface area contributed by atoms with E-state index in [1.807, 2.05) is 42.5 Å². The predicted octanol–water partition coefficient (Wildman–Crippen LogP) is 6.44. The van der Waals surface area contributed by atoms with Crippen LogP contribution in [0.3, 0.4) is 0 Å². The number of hydrogen-bond acceptors (Lipinski definition) is 2. The lowest BCUT2D eigenvalue weighted by molar-refractivity contribution is -0.111. The van der Waals surface area contributed by atoms with Gasteiger partial charge in [-0.25, -0.2) is 0 Å². The van der Waals surface area contributed by atoms with Gasteiger partial charge < -0.3 is 10.1 Å². The molecule has 0 aliphatic heterocycles. The molecule has 1 N–H and O–H groups in total. The smallest absolute Gasteiger partial charge is 0.248 e. The van der Waals surface area contributed by atoms with Crippen LogP contribution in [0, 0.1) is 0 Å². The van der Waals surface area contributed by atoms with Gasteiger partial charge in [0.25, 0.3) is 0 Å². The van der Waals surface area contributed by atoms with E-state index >= 15 is 0 Å². The molecule has 0 radical (unpaired) electrons. The summed E-state index contributed by atoms with van der Waals surface area (Å²) in [6.07, 6.45) is 3.04. The van der Waals surface area contributed by atoms with Gasteiger partial charge in [0.15, 0.2) is 5.75 Å². The minimum absolute atomic E-state index is 0.292. The van der Waals surface area contributed by atoms with Crippen molar-refractivity contribution in [3.8, 4) is 11.5 Å². The van der Waals surface area contributed by atoms with Crippen LogP contribution in [-0.2, 0) is 4.79 Å². The third kappa shape index (κ3) is 4.88. The number of nitrogens with one attached hydrogen (secondary N) is 1. The van der Waals surface area contributed by atoms with E-state index in [4.69, 9.17) is 27.9 Å². The normalized spacial score (nSPS) is 10.7. The van der Waals surface area contributed by atoms with Crippen molar-refractivity contribution in [2.24, 2.45) is 0 Å². The second-order valence-electron chi connectivity index (χ2n) is 5.40. The van der Waals surface area contributed by atoms with Crippen LogP contribution in [-0.4, -0.2) is 5.91 Å². The van der Waals surface area contributed by atoms with Crippen molar-refractivity contribution in [2.75, 3.05) is 5.32 Å². The summed E-state index contributed by atoms with van der Waals surface area (Å²) in [5.74, 6) is 0.961. The van der Waals surface area contributed by atoms with Crippen LogP contribution in [0.25, 0.3) is 6.08 Å². The summed E-state index contributed by atoms with van der Waals surface area (Å²) in [6.45, 7) is 0. The first kappa shape index (κ1) is 18.1. The Morgan fingerprint density at radius 1 is 0.923 bits per heavy atom. The van der Waals surface area contributed by atoms with E-state index in [0.717, 1.165) is 0 Å². The molecule has 5 heteroatoms. The Bertz CT molecular complexity index is 940. The van der Waals surface area contributed by atoms with Gasteiger partial charge in [0.05, 0.1) is 5.69 Å². The fourth-order valence-electron chi connectivity index (χ4n) is 2.25. The molecule has 0 bridgehead atoms. The number of amides is 1. The van der Waals surface area contributed by atoms with E-state index in [1.165, 1.54) is 6.08 Å². The molecule has 0 aromatic heterocycles. The fraction of sp³-hybridized carbons (Fsp3) is 0. The van der Waals surface area contributed by atoms with Gasteiger partial charge in [0, 0.05) is 16.1 Å². The molecule has 0 fully saturated rings. The van der Waals surface area contributed by atoms with Gasteiger partial charge in [-0.05, 0) is 48.0 Å². The van der Waals surface area contributed by atoms with E-state index in [9.17, 15) is 4.79 Å². The monoisotopic (exact) mass is 383 g/mol. The van der Waals surface area contributed by atoms with Gasteiger partial charge in [-0.3, -0.25) is 4.79 Å². The third-order valence-corrected chi connectivity index (χ3v) is 4.06. The van der Waals surface area contributed by atoms with Crippen LogP contribution in [0.4, 0.5) is 5.69 Å². The highest BCUT2D eigenvalue weighted by Crippen LogP contribution is 2.29. The van der Waals surface area contributed by atoms with Crippen LogP contribution >= 0.6 is 23.2 Å². The lowest BCUT2D eigenvalue weighted by Crippen LogP contribution is -2.08. The Kier molecular flexibility index (Phi) is 5.95. The minimum Gasteiger partial charge on any atom is -0.455 e. The second kappa shape index (κ2) is 8.56. The first-order chi connectivity index (χ1) is 12.6. The topological polar surface area (TPSA) is 38.3 Å². The predicted molar refractivity (Wildman–Crippen MR) is 107 cm³/mol. The van der Waals surface area contributed by atoms with Crippen LogP contribution in [0.15, 0.2) is 78.9 Å². The van der Waals surface area contributed by atoms with Crippen LogP contribution in [0.1, 0.15) is 5.56 Å². The maximum Gasteiger partial charge on any atom is 0.248 e. The maximum absolute atomic E-state index is 12.2. The van der Waals surface area contributed by atoms with E-state index in [0.29, 0.717) is 32.8 Å². The largest absolute Gasteiger partial charge is 0.455 e. The van der Waals surface area contributed by atoms with E-state index in [-0.39, 0.29) is 5.91 Å². The standard InChI is InChI=1S/C21H15Cl2NO2/c22-16-12-10-15(18(23)14-16)11-13-21(25)24-19-8-4-5-9-20(19)26-17-6-2-1-3-7-17/h1-14H,(H,24,25). The average molecular weight is 384 g/mol. The minimum atomic E-state index is -0.292. The van der Waals surface area contributed by atoms with Crippen molar-refractivity contribution in [1.29, 1.82) is 0 Å². The van der Waals surface area contributed by atoms with Crippen molar-refractivity contribution in [2.45, 2.75) is 0 Å². The molecule has 1 amide bonds. The molecule has 0 saturated heterocycles. The van der Waals surface area contributed by atoms with Crippen molar-refractivity contribution >= 4 is 40.9 Å². The fourth-order valence-corrected chi connectivity index (χ4v) is 2.72. The maximum atomic E-state index is 12.2. The molecule has 3 nitrogen and oxygen atoms in total. The Hall–Kier alpha value is -2.75. The number of hydrogen-bond donors (Lipinski definition) is 1. The Morgan fingerprint density at radius 2 is 1.65 bits per heavy atom. The molecule has 3 rings (SSSR count). The number of rotatable bonds is 5. The first-order valence-corrected chi connectivity index (χ1v) is 8.63. The number of carbonyl (C=O) groups is 1. The molecule has 0 aliphatic rings. The summed E-state index contributed by atoms with van der Waals surface area (Å²) >= 11 is 12.0. The SMILES string of the molecule is O=C(C=Cc1ccc(Cl)cc1Cl)Nc1ccccc1Oc1ccccc1. The summed E-state index contributed by atoms with van der Waals surface area (Å²) in [5.41, 5.74) is 1.29. The zero-order chi connectivity index (χ0) is 18.4. The molecule has 130 valence electrons. The summed E-state index contributed by atoms with van der Waals surface area (Å²) in [7, 11) is 0. The molecule has 0 spiro atoms. The Labute approximate surface area is 161 Å². The molecule has 0 heterocycles. The summed E-state index contributed by atoms with van der Waals surface area (Å²) < 4.78 is 5.83. The van der Waals surface area contributed by atoms with Crippen LogP contribution in [0.5, 0.6) is 11.5 Å². The van der Waals surface area contributed by atoms with Crippen molar-refractivity contribution in [1.82, 2.24) is 0 Å².